The fraction of sp³-hybridized carbons (Fsp3) is 0.250. The van der Waals surface area contributed by atoms with E-state index in [1.807, 2.05) is 25.3 Å². The average Bonchev–Trinajstić information content (AvgIpc) is 2.58. The van der Waals surface area contributed by atoms with Gasteiger partial charge in [-0.25, -0.2) is 0 Å². The molecule has 62 valence electrons. The van der Waals surface area contributed by atoms with Gasteiger partial charge in [0.1, 0.15) is 0 Å². The Labute approximate surface area is 74.0 Å². The van der Waals surface area contributed by atoms with Gasteiger partial charge in [-0.15, -0.1) is 11.3 Å². The van der Waals surface area contributed by atoms with E-state index in [1.165, 1.54) is 5.56 Å². The summed E-state index contributed by atoms with van der Waals surface area (Å²) in [7, 11) is 0. The predicted octanol–water partition coefficient (Wildman–Crippen LogP) is 2.41. The number of aromatic nitrogens is 2. The van der Waals surface area contributed by atoms with Gasteiger partial charge >= 0.3 is 0 Å². The van der Waals surface area contributed by atoms with E-state index in [1.54, 1.807) is 11.3 Å². The van der Waals surface area contributed by atoms with E-state index in [4.69, 9.17) is 4.52 Å². The van der Waals surface area contributed by atoms with Crippen molar-refractivity contribution in [3.63, 3.8) is 0 Å². The number of thiophene rings is 1. The third-order valence-corrected chi connectivity index (χ3v) is 2.59. The molecule has 0 fully saturated rings. The van der Waals surface area contributed by atoms with Crippen molar-refractivity contribution in [2.75, 3.05) is 0 Å². The van der Waals surface area contributed by atoms with Gasteiger partial charge in [0.05, 0.1) is 4.88 Å². The summed E-state index contributed by atoms with van der Waals surface area (Å²) in [5.74, 6) is 1.30. The van der Waals surface area contributed by atoms with Crippen molar-refractivity contribution in [1.82, 2.24) is 10.1 Å². The highest BCUT2D eigenvalue weighted by molar-refractivity contribution is 7.13. The lowest BCUT2D eigenvalue weighted by atomic mass is 10.3. The molecule has 0 aromatic carbocycles. The molecule has 2 rings (SSSR count). The molecule has 0 aliphatic heterocycles. The van der Waals surface area contributed by atoms with Crippen molar-refractivity contribution in [2.45, 2.75) is 13.8 Å². The second-order valence-corrected chi connectivity index (χ2v) is 3.50. The van der Waals surface area contributed by atoms with Crippen LogP contribution in [0.25, 0.3) is 10.8 Å². The number of rotatable bonds is 1. The summed E-state index contributed by atoms with van der Waals surface area (Å²) in [5, 5.41) is 5.75. The molecule has 3 nitrogen and oxygen atoms in total. The fourth-order valence-corrected chi connectivity index (χ4v) is 1.83. The minimum Gasteiger partial charge on any atom is -0.333 e. The first-order valence-corrected chi connectivity index (χ1v) is 4.50. The van der Waals surface area contributed by atoms with Gasteiger partial charge in [0.2, 0.25) is 0 Å². The molecule has 0 unspecified atom stereocenters. The Kier molecular flexibility index (Phi) is 1.69. The maximum atomic E-state index is 5.04. The zero-order valence-corrected chi connectivity index (χ0v) is 7.68. The molecule has 0 saturated heterocycles. The quantitative estimate of drug-likeness (QED) is 0.676. The lowest BCUT2D eigenvalue weighted by Gasteiger charge is -1.87. The lowest BCUT2D eigenvalue weighted by molar-refractivity contribution is 0.426. The standard InChI is InChI=1S/C8H8N2OS/c1-5-3-4-12-7(5)8-9-6(2)10-11-8/h3-4H,1-2H3. The summed E-state index contributed by atoms with van der Waals surface area (Å²) < 4.78 is 5.04. The Balaban J connectivity index is 2.50. The highest BCUT2D eigenvalue weighted by Crippen LogP contribution is 2.26. The van der Waals surface area contributed by atoms with Crippen molar-refractivity contribution in [3.8, 4) is 10.8 Å². The van der Waals surface area contributed by atoms with Crippen LogP contribution in [0.15, 0.2) is 16.0 Å². The average molecular weight is 180 g/mol. The van der Waals surface area contributed by atoms with Crippen LogP contribution in [0.4, 0.5) is 0 Å². The van der Waals surface area contributed by atoms with E-state index in [-0.39, 0.29) is 0 Å². The molecule has 2 aromatic heterocycles. The summed E-state index contributed by atoms with van der Waals surface area (Å²) in [6, 6.07) is 2.04. The molecule has 0 atom stereocenters. The Morgan fingerprint density at radius 3 is 2.75 bits per heavy atom. The van der Waals surface area contributed by atoms with Gasteiger partial charge < -0.3 is 4.52 Å². The van der Waals surface area contributed by atoms with Gasteiger partial charge in [-0.1, -0.05) is 5.16 Å². The number of aryl methyl sites for hydroxylation is 2. The van der Waals surface area contributed by atoms with E-state index in [0.717, 1.165) is 4.88 Å². The second-order valence-electron chi connectivity index (χ2n) is 2.58. The second kappa shape index (κ2) is 2.71. The van der Waals surface area contributed by atoms with Crippen LogP contribution < -0.4 is 0 Å². The van der Waals surface area contributed by atoms with E-state index in [2.05, 4.69) is 10.1 Å². The van der Waals surface area contributed by atoms with Crippen LogP contribution in [0.1, 0.15) is 11.4 Å². The van der Waals surface area contributed by atoms with Gasteiger partial charge in [-0.3, -0.25) is 0 Å². The number of hydrogen-bond acceptors (Lipinski definition) is 4. The SMILES string of the molecule is Cc1noc(-c2sccc2C)n1. The van der Waals surface area contributed by atoms with Crippen molar-refractivity contribution in [3.05, 3.63) is 22.8 Å². The fourth-order valence-electron chi connectivity index (χ4n) is 0.981. The molecule has 0 aliphatic carbocycles. The van der Waals surface area contributed by atoms with E-state index in [0.29, 0.717) is 11.7 Å². The van der Waals surface area contributed by atoms with Crippen molar-refractivity contribution in [1.29, 1.82) is 0 Å². The molecule has 0 bridgehead atoms. The van der Waals surface area contributed by atoms with Crippen molar-refractivity contribution < 1.29 is 4.52 Å². The highest BCUT2D eigenvalue weighted by atomic mass is 32.1. The molecule has 0 spiro atoms. The molecule has 0 saturated carbocycles. The summed E-state index contributed by atoms with van der Waals surface area (Å²) >= 11 is 1.62. The van der Waals surface area contributed by atoms with Crippen LogP contribution in [-0.2, 0) is 0 Å². The third-order valence-electron chi connectivity index (χ3n) is 1.58. The van der Waals surface area contributed by atoms with Gasteiger partial charge in [0.15, 0.2) is 5.82 Å². The van der Waals surface area contributed by atoms with Crippen molar-refractivity contribution in [2.24, 2.45) is 0 Å². The Morgan fingerprint density at radius 1 is 1.42 bits per heavy atom. The topological polar surface area (TPSA) is 38.9 Å². The summed E-state index contributed by atoms with van der Waals surface area (Å²) in [5.41, 5.74) is 1.18. The van der Waals surface area contributed by atoms with Crippen LogP contribution in [0.5, 0.6) is 0 Å². The Morgan fingerprint density at radius 2 is 2.25 bits per heavy atom. The highest BCUT2D eigenvalue weighted by Gasteiger charge is 2.09. The normalized spacial score (nSPS) is 10.5. The van der Waals surface area contributed by atoms with Crippen LogP contribution in [0, 0.1) is 13.8 Å². The molecule has 0 radical (unpaired) electrons. The molecule has 0 amide bonds. The Bertz CT molecular complexity index is 391. The molecule has 0 aliphatic rings. The lowest BCUT2D eigenvalue weighted by Crippen LogP contribution is -1.75. The zero-order chi connectivity index (χ0) is 8.55. The monoisotopic (exact) mass is 180 g/mol. The zero-order valence-electron chi connectivity index (χ0n) is 6.87. The third kappa shape index (κ3) is 1.14. The minimum absolute atomic E-state index is 0.625. The maximum absolute atomic E-state index is 5.04. The van der Waals surface area contributed by atoms with Crippen LogP contribution in [0.3, 0.4) is 0 Å². The smallest absolute Gasteiger partial charge is 0.268 e. The summed E-state index contributed by atoms with van der Waals surface area (Å²) in [4.78, 5) is 5.21. The summed E-state index contributed by atoms with van der Waals surface area (Å²) in [6.07, 6.45) is 0. The maximum Gasteiger partial charge on any atom is 0.268 e. The molecule has 12 heavy (non-hydrogen) atoms. The van der Waals surface area contributed by atoms with Gasteiger partial charge in [0.25, 0.3) is 5.89 Å². The molecule has 4 heteroatoms. The number of hydrogen-bond donors (Lipinski definition) is 0. The largest absolute Gasteiger partial charge is 0.333 e. The predicted molar refractivity (Wildman–Crippen MR) is 47.1 cm³/mol. The van der Waals surface area contributed by atoms with Crippen molar-refractivity contribution >= 4 is 11.3 Å². The Hall–Kier alpha value is -1.16. The van der Waals surface area contributed by atoms with Gasteiger partial charge in [-0.05, 0) is 30.9 Å². The molecule has 0 N–H and O–H groups in total. The van der Waals surface area contributed by atoms with Gasteiger partial charge in [-0.2, -0.15) is 4.98 Å². The van der Waals surface area contributed by atoms with Gasteiger partial charge in [0, 0.05) is 0 Å². The summed E-state index contributed by atoms with van der Waals surface area (Å²) in [6.45, 7) is 3.85. The molecule has 2 heterocycles. The molecular weight excluding hydrogens is 172 g/mol. The van der Waals surface area contributed by atoms with Crippen LogP contribution >= 0.6 is 11.3 Å². The van der Waals surface area contributed by atoms with Crippen LogP contribution in [0.2, 0.25) is 0 Å². The minimum atomic E-state index is 0.625. The first-order chi connectivity index (χ1) is 5.77. The first-order valence-electron chi connectivity index (χ1n) is 3.62. The van der Waals surface area contributed by atoms with E-state index < -0.39 is 0 Å². The molecule has 2 aromatic rings. The van der Waals surface area contributed by atoms with E-state index >= 15 is 0 Å². The van der Waals surface area contributed by atoms with Crippen LogP contribution in [-0.4, -0.2) is 10.1 Å². The molecular formula is C8H8N2OS. The number of nitrogens with zero attached hydrogens (tertiary/aromatic N) is 2. The van der Waals surface area contributed by atoms with E-state index in [9.17, 15) is 0 Å². The first kappa shape index (κ1) is 7.49.